The average Bonchev–Trinajstić information content (AvgIpc) is 2.87. The Labute approximate surface area is 162 Å². The largest absolute Gasteiger partial charge is 0.0616 e. The van der Waals surface area contributed by atoms with Crippen molar-refractivity contribution in [3.05, 3.63) is 94.5 Å². The quantitative estimate of drug-likeness (QED) is 0.310. The smallest absolute Gasteiger partial charge is 0.0181 e. The Morgan fingerprint density at radius 1 is 0.615 bits per heavy atom. The summed E-state index contributed by atoms with van der Waals surface area (Å²) in [7, 11) is 0. The molecule has 1 aliphatic carbocycles. The van der Waals surface area contributed by atoms with Crippen LogP contribution in [-0.2, 0) is 5.41 Å². The number of fused-ring (bicyclic) bond motifs is 4. The van der Waals surface area contributed by atoms with E-state index in [1.165, 1.54) is 44.2 Å². The van der Waals surface area contributed by atoms with Gasteiger partial charge in [0, 0.05) is 9.89 Å². The van der Waals surface area contributed by atoms with Crippen molar-refractivity contribution in [2.75, 3.05) is 0 Å². The molecule has 1 heteroatoms. The fourth-order valence-corrected chi connectivity index (χ4v) is 4.67. The zero-order chi connectivity index (χ0) is 17.9. The molecule has 0 aliphatic heterocycles. The second-order valence-corrected chi connectivity index (χ2v) is 8.56. The van der Waals surface area contributed by atoms with Crippen LogP contribution in [0, 0.1) is 0 Å². The van der Waals surface area contributed by atoms with Crippen molar-refractivity contribution in [2.24, 2.45) is 0 Å². The van der Waals surface area contributed by atoms with Gasteiger partial charge in [0.1, 0.15) is 0 Å². The first-order valence-electron chi connectivity index (χ1n) is 8.98. The SMILES string of the molecule is CC1(C)c2cc(-c3cccc(Br)c3)ccc2-c2cc3ccccc3cc21. The summed E-state index contributed by atoms with van der Waals surface area (Å²) >= 11 is 3.59. The molecule has 0 bridgehead atoms. The summed E-state index contributed by atoms with van der Waals surface area (Å²) in [5.41, 5.74) is 8.13. The molecule has 0 heterocycles. The molecule has 0 radical (unpaired) electrons. The minimum absolute atomic E-state index is 0.0106. The number of hydrogen-bond donors (Lipinski definition) is 0. The first-order chi connectivity index (χ1) is 12.5. The number of benzene rings is 4. The maximum absolute atomic E-state index is 3.59. The van der Waals surface area contributed by atoms with Crippen LogP contribution >= 0.6 is 15.9 Å². The second-order valence-electron chi connectivity index (χ2n) is 7.64. The first-order valence-corrected chi connectivity index (χ1v) is 9.77. The van der Waals surface area contributed by atoms with Gasteiger partial charge in [0.2, 0.25) is 0 Å². The lowest BCUT2D eigenvalue weighted by molar-refractivity contribution is 0.661. The van der Waals surface area contributed by atoms with Crippen molar-refractivity contribution in [1.82, 2.24) is 0 Å². The van der Waals surface area contributed by atoms with E-state index in [1.807, 2.05) is 0 Å². The van der Waals surface area contributed by atoms with Gasteiger partial charge in [0.15, 0.2) is 0 Å². The van der Waals surface area contributed by atoms with Crippen LogP contribution in [0.5, 0.6) is 0 Å². The summed E-state index contributed by atoms with van der Waals surface area (Å²) in [6, 6.07) is 28.8. The van der Waals surface area contributed by atoms with E-state index in [0.717, 1.165) is 4.47 Å². The van der Waals surface area contributed by atoms with E-state index in [9.17, 15) is 0 Å². The second kappa shape index (κ2) is 5.56. The van der Waals surface area contributed by atoms with Crippen LogP contribution in [-0.4, -0.2) is 0 Å². The van der Waals surface area contributed by atoms with Crippen LogP contribution < -0.4 is 0 Å². The van der Waals surface area contributed by atoms with Crippen LogP contribution in [0.15, 0.2) is 83.3 Å². The van der Waals surface area contributed by atoms with Crippen LogP contribution in [0.3, 0.4) is 0 Å². The Hall–Kier alpha value is -2.38. The van der Waals surface area contributed by atoms with Gasteiger partial charge in [-0.2, -0.15) is 0 Å². The topological polar surface area (TPSA) is 0 Å². The zero-order valence-corrected chi connectivity index (χ0v) is 16.5. The molecule has 0 aromatic heterocycles. The van der Waals surface area contributed by atoms with Crippen LogP contribution in [0.4, 0.5) is 0 Å². The molecule has 126 valence electrons. The molecule has 0 spiro atoms. The average molecular weight is 399 g/mol. The fraction of sp³-hybridized carbons (Fsp3) is 0.120. The van der Waals surface area contributed by atoms with Crippen molar-refractivity contribution in [1.29, 1.82) is 0 Å². The minimum atomic E-state index is 0.0106. The number of hydrogen-bond acceptors (Lipinski definition) is 0. The Morgan fingerprint density at radius 2 is 1.31 bits per heavy atom. The molecule has 26 heavy (non-hydrogen) atoms. The highest BCUT2D eigenvalue weighted by Crippen LogP contribution is 2.50. The van der Waals surface area contributed by atoms with Crippen molar-refractivity contribution >= 4 is 26.7 Å². The summed E-state index contributed by atoms with van der Waals surface area (Å²) in [5, 5.41) is 2.63. The van der Waals surface area contributed by atoms with Gasteiger partial charge in [0.25, 0.3) is 0 Å². The standard InChI is InChI=1S/C25H19Br/c1-25(2)23-15-19(16-8-5-9-20(26)12-16)10-11-21(23)22-13-17-6-3-4-7-18(17)14-24(22)25/h3-15H,1-2H3. The molecule has 0 fully saturated rings. The normalized spacial score (nSPS) is 14.3. The molecule has 0 saturated heterocycles. The molecule has 0 N–H and O–H groups in total. The summed E-state index contributed by atoms with van der Waals surface area (Å²) in [6.45, 7) is 4.69. The van der Waals surface area contributed by atoms with Crippen LogP contribution in [0.25, 0.3) is 33.0 Å². The van der Waals surface area contributed by atoms with Gasteiger partial charge in [-0.05, 0) is 74.5 Å². The van der Waals surface area contributed by atoms with Gasteiger partial charge in [-0.3, -0.25) is 0 Å². The predicted molar refractivity (Wildman–Crippen MR) is 115 cm³/mol. The lowest BCUT2D eigenvalue weighted by atomic mass is 9.81. The Balaban J connectivity index is 1.74. The maximum atomic E-state index is 3.59. The Morgan fingerprint density at radius 3 is 2.08 bits per heavy atom. The van der Waals surface area contributed by atoms with E-state index in [1.54, 1.807) is 0 Å². The zero-order valence-electron chi connectivity index (χ0n) is 14.9. The molecular formula is C25H19Br. The third-order valence-electron chi connectivity index (χ3n) is 5.70. The molecule has 4 aromatic rings. The van der Waals surface area contributed by atoms with E-state index in [2.05, 4.69) is 109 Å². The van der Waals surface area contributed by atoms with E-state index in [0.29, 0.717) is 0 Å². The maximum Gasteiger partial charge on any atom is 0.0181 e. The van der Waals surface area contributed by atoms with Crippen molar-refractivity contribution < 1.29 is 0 Å². The van der Waals surface area contributed by atoms with Gasteiger partial charge in [0.05, 0.1) is 0 Å². The fourth-order valence-electron chi connectivity index (χ4n) is 4.27. The molecule has 0 nitrogen and oxygen atoms in total. The molecule has 0 atom stereocenters. The minimum Gasteiger partial charge on any atom is -0.0616 e. The monoisotopic (exact) mass is 398 g/mol. The van der Waals surface area contributed by atoms with E-state index >= 15 is 0 Å². The predicted octanol–water partition coefficient (Wildman–Crippen LogP) is 7.58. The first kappa shape index (κ1) is 15.8. The molecule has 4 aromatic carbocycles. The van der Waals surface area contributed by atoms with E-state index in [4.69, 9.17) is 0 Å². The van der Waals surface area contributed by atoms with E-state index in [-0.39, 0.29) is 5.41 Å². The van der Waals surface area contributed by atoms with E-state index < -0.39 is 0 Å². The highest BCUT2D eigenvalue weighted by molar-refractivity contribution is 9.10. The summed E-state index contributed by atoms with van der Waals surface area (Å²) < 4.78 is 1.12. The highest BCUT2D eigenvalue weighted by atomic mass is 79.9. The Kier molecular flexibility index (Phi) is 3.39. The molecular weight excluding hydrogens is 380 g/mol. The molecule has 1 aliphatic rings. The van der Waals surface area contributed by atoms with Gasteiger partial charge in [-0.1, -0.05) is 78.3 Å². The van der Waals surface area contributed by atoms with Crippen LogP contribution in [0.1, 0.15) is 25.0 Å². The van der Waals surface area contributed by atoms with Crippen LogP contribution in [0.2, 0.25) is 0 Å². The third-order valence-corrected chi connectivity index (χ3v) is 6.19. The third kappa shape index (κ3) is 2.27. The molecule has 5 rings (SSSR count). The molecule has 0 amide bonds. The van der Waals surface area contributed by atoms with Crippen molar-refractivity contribution in [3.8, 4) is 22.3 Å². The van der Waals surface area contributed by atoms with Gasteiger partial charge >= 0.3 is 0 Å². The van der Waals surface area contributed by atoms with Gasteiger partial charge in [-0.15, -0.1) is 0 Å². The summed E-state index contributed by atoms with van der Waals surface area (Å²) in [5.74, 6) is 0. The lowest BCUT2D eigenvalue weighted by Crippen LogP contribution is -2.15. The van der Waals surface area contributed by atoms with Gasteiger partial charge < -0.3 is 0 Å². The number of rotatable bonds is 1. The van der Waals surface area contributed by atoms with Crippen molar-refractivity contribution in [3.63, 3.8) is 0 Å². The van der Waals surface area contributed by atoms with Crippen molar-refractivity contribution in [2.45, 2.75) is 19.3 Å². The number of halogens is 1. The summed E-state index contributed by atoms with van der Waals surface area (Å²) in [6.07, 6.45) is 0. The Bertz CT molecular complexity index is 1170. The summed E-state index contributed by atoms with van der Waals surface area (Å²) in [4.78, 5) is 0. The lowest BCUT2D eigenvalue weighted by Gasteiger charge is -2.22. The highest BCUT2D eigenvalue weighted by Gasteiger charge is 2.35. The van der Waals surface area contributed by atoms with Gasteiger partial charge in [-0.25, -0.2) is 0 Å². The molecule has 0 saturated carbocycles. The molecule has 0 unspecified atom stereocenters.